The molecule has 70 heavy (non-hydrogen) atoms. The molecular weight excluding hydrogens is 897 g/mol. The van der Waals surface area contributed by atoms with Gasteiger partial charge in [0.15, 0.2) is 5.78 Å². The molecule has 394 valence electrons. The number of Topliss-reactive ketones (excluding diaryl/α,β-unsaturated/α-hetero) is 2. The number of terminal acetylenes is 1. The van der Waals surface area contributed by atoms with Gasteiger partial charge >= 0.3 is 5.97 Å². The number of esters is 1. The van der Waals surface area contributed by atoms with Crippen LogP contribution in [0.25, 0.3) is 0 Å². The highest BCUT2D eigenvalue weighted by Crippen LogP contribution is 2.37. The van der Waals surface area contributed by atoms with Crippen LogP contribution in [0.15, 0.2) is 47.6 Å². The summed E-state index contributed by atoms with van der Waals surface area (Å²) in [6, 6.07) is -1.96. The number of ether oxygens (including phenoxy) is 5. The van der Waals surface area contributed by atoms with Crippen molar-refractivity contribution in [1.29, 1.82) is 0 Å². The van der Waals surface area contributed by atoms with Gasteiger partial charge in [0.25, 0.3) is 11.7 Å². The molecule has 2 bridgehead atoms. The van der Waals surface area contributed by atoms with Crippen molar-refractivity contribution >= 4 is 23.4 Å². The number of nitrogens with zero attached hydrogens (tertiary/aromatic N) is 1. The van der Waals surface area contributed by atoms with Crippen LogP contribution in [0, 0.1) is 41.9 Å². The summed E-state index contributed by atoms with van der Waals surface area (Å²) in [6.45, 7) is 11.2. The first kappa shape index (κ1) is 59.0. The van der Waals surface area contributed by atoms with Crippen LogP contribution in [-0.2, 0) is 42.9 Å². The van der Waals surface area contributed by atoms with Gasteiger partial charge in [0.1, 0.15) is 24.4 Å². The van der Waals surface area contributed by atoms with E-state index >= 15 is 0 Å². The van der Waals surface area contributed by atoms with Crippen LogP contribution in [0.3, 0.4) is 0 Å². The van der Waals surface area contributed by atoms with Crippen molar-refractivity contribution in [2.75, 3.05) is 27.4 Å². The highest BCUT2D eigenvalue weighted by atomic mass is 16.6. The second-order valence-electron chi connectivity index (χ2n) is 20.8. The predicted octanol–water partition coefficient (Wildman–Crippen LogP) is 5.84. The lowest BCUT2D eigenvalue weighted by molar-refractivity contribution is -0.265. The monoisotopic (exact) mass is 983 g/mol. The van der Waals surface area contributed by atoms with E-state index in [9.17, 15) is 39.6 Å². The van der Waals surface area contributed by atoms with Gasteiger partial charge in [-0.05, 0) is 114 Å². The number of methoxy groups -OCH3 is 2. The van der Waals surface area contributed by atoms with Gasteiger partial charge < -0.3 is 54.7 Å². The van der Waals surface area contributed by atoms with Crippen molar-refractivity contribution in [3.8, 4) is 12.3 Å². The third-order valence-corrected chi connectivity index (χ3v) is 15.2. The fraction of sp³-hybridized carbons (Fsp3) is 0.745. The van der Waals surface area contributed by atoms with E-state index in [1.54, 1.807) is 48.0 Å². The van der Waals surface area contributed by atoms with Crippen molar-refractivity contribution in [1.82, 2.24) is 4.90 Å². The van der Waals surface area contributed by atoms with E-state index in [1.165, 1.54) is 4.90 Å². The minimum absolute atomic E-state index is 0.00991. The van der Waals surface area contributed by atoms with Crippen molar-refractivity contribution in [2.45, 2.75) is 205 Å². The van der Waals surface area contributed by atoms with E-state index in [4.69, 9.17) is 35.8 Å². The molecular formula is C55H86N2O13. The Morgan fingerprint density at radius 3 is 2.33 bits per heavy atom. The highest BCUT2D eigenvalue weighted by Gasteiger charge is 2.53. The molecule has 0 radical (unpaired) electrons. The van der Waals surface area contributed by atoms with Gasteiger partial charge in [-0.2, -0.15) is 0 Å². The lowest BCUT2D eigenvalue weighted by Gasteiger charge is -2.42. The molecule has 16 atom stereocenters. The highest BCUT2D eigenvalue weighted by molar-refractivity contribution is 6.39. The quantitative estimate of drug-likeness (QED) is 0.0571. The Morgan fingerprint density at radius 2 is 1.63 bits per heavy atom. The van der Waals surface area contributed by atoms with Crippen LogP contribution in [0.5, 0.6) is 0 Å². The number of carbonyl (C=O) groups excluding carboxylic acids is 4. The van der Waals surface area contributed by atoms with Gasteiger partial charge in [-0.1, -0.05) is 64.2 Å². The molecule has 1 aliphatic carbocycles. The van der Waals surface area contributed by atoms with Crippen LogP contribution in [0.2, 0.25) is 0 Å². The van der Waals surface area contributed by atoms with Crippen LogP contribution < -0.4 is 5.73 Å². The Labute approximate surface area is 417 Å². The maximum atomic E-state index is 14.5. The van der Waals surface area contributed by atoms with E-state index < -0.39 is 96.0 Å². The SMILES string of the molecule is C#CCCCCO[C@@H]1/C(C)=C/[C@@H](C)[C@H](O)C[C@@H]([C@H](N)C[C@@H]2CC[C@@H](O)[C@H](OC)C2)OC(=O)[C@@H]2CCCCN2C(=O)C(=O)[C@]2(O)O[C@@H](CC[C@H]2C)C[C@H](OC)/C(C)=C/C=C/C=C/[C@@H](C)C[C@@H](C)C(=O)[C@@H]1O. The molecule has 15 nitrogen and oxygen atoms in total. The molecule has 6 N–H and O–H groups in total. The molecule has 3 heterocycles. The van der Waals surface area contributed by atoms with E-state index in [1.807, 2.05) is 44.2 Å². The van der Waals surface area contributed by atoms with Crippen LogP contribution >= 0.6 is 0 Å². The van der Waals surface area contributed by atoms with Crippen molar-refractivity contribution < 1.29 is 63.3 Å². The molecule has 4 aliphatic rings. The molecule has 15 heteroatoms. The molecule has 0 aromatic heterocycles. The lowest BCUT2D eigenvalue weighted by Crippen LogP contribution is -2.61. The molecule has 0 unspecified atom stereocenters. The van der Waals surface area contributed by atoms with Crippen molar-refractivity contribution in [3.05, 3.63) is 47.6 Å². The first-order valence-electron chi connectivity index (χ1n) is 25.9. The fourth-order valence-corrected chi connectivity index (χ4v) is 10.6. The zero-order valence-corrected chi connectivity index (χ0v) is 43.2. The number of fused-ring (bicyclic) bond motifs is 3. The summed E-state index contributed by atoms with van der Waals surface area (Å²) in [6.07, 6.45) is 16.8. The number of nitrogens with two attached hydrogens (primary N) is 1. The van der Waals surface area contributed by atoms with Gasteiger partial charge in [-0.15, -0.1) is 12.3 Å². The number of unbranched alkanes of at least 4 members (excludes halogenated alkanes) is 2. The summed E-state index contributed by atoms with van der Waals surface area (Å²) < 4.78 is 30.1. The maximum Gasteiger partial charge on any atom is 0.329 e. The number of rotatable bonds is 10. The van der Waals surface area contributed by atoms with Gasteiger partial charge in [0, 0.05) is 70.4 Å². The molecule has 1 saturated carbocycles. The molecule has 4 rings (SSSR count). The predicted molar refractivity (Wildman–Crippen MR) is 267 cm³/mol. The Morgan fingerprint density at radius 1 is 0.886 bits per heavy atom. The fourth-order valence-electron chi connectivity index (χ4n) is 10.6. The lowest BCUT2D eigenvalue weighted by atomic mass is 9.80. The Hall–Kier alpha value is -3.56. The van der Waals surface area contributed by atoms with Crippen LogP contribution in [0.1, 0.15) is 138 Å². The summed E-state index contributed by atoms with van der Waals surface area (Å²) >= 11 is 0. The van der Waals surface area contributed by atoms with E-state index in [2.05, 4.69) is 5.92 Å². The maximum absolute atomic E-state index is 14.5. The number of allylic oxidation sites excluding steroid dienone is 5. The smallest absolute Gasteiger partial charge is 0.329 e. The number of carbonyl (C=O) groups is 4. The number of amides is 1. The summed E-state index contributed by atoms with van der Waals surface area (Å²) in [5.41, 5.74) is 8.34. The summed E-state index contributed by atoms with van der Waals surface area (Å²) in [4.78, 5) is 58.1. The third-order valence-electron chi connectivity index (χ3n) is 15.2. The second kappa shape index (κ2) is 28.6. The summed E-state index contributed by atoms with van der Waals surface area (Å²) in [7, 11) is 3.12. The van der Waals surface area contributed by atoms with Gasteiger partial charge in [0.2, 0.25) is 5.79 Å². The number of aliphatic hydroxyl groups is 4. The molecule has 1 amide bonds. The van der Waals surface area contributed by atoms with E-state index in [0.717, 1.165) is 5.57 Å². The van der Waals surface area contributed by atoms with Crippen molar-refractivity contribution in [3.63, 3.8) is 0 Å². The molecule has 0 spiro atoms. The normalized spacial score (nSPS) is 39.3. The molecule has 0 aromatic carbocycles. The summed E-state index contributed by atoms with van der Waals surface area (Å²) in [5, 5.41) is 46.1. The number of hydrogen-bond donors (Lipinski definition) is 5. The van der Waals surface area contributed by atoms with Crippen LogP contribution in [-0.4, -0.2) is 143 Å². The minimum Gasteiger partial charge on any atom is -0.459 e. The number of piperidine rings is 1. The van der Waals surface area contributed by atoms with E-state index in [-0.39, 0.29) is 49.7 Å². The van der Waals surface area contributed by atoms with Gasteiger partial charge in [-0.3, -0.25) is 14.4 Å². The Kier molecular flexibility index (Phi) is 24.1. The minimum atomic E-state index is -2.45. The first-order valence-corrected chi connectivity index (χ1v) is 25.9. The van der Waals surface area contributed by atoms with E-state index in [0.29, 0.717) is 89.0 Å². The first-order chi connectivity index (χ1) is 33.2. The molecule has 3 fully saturated rings. The zero-order valence-electron chi connectivity index (χ0n) is 43.2. The molecule has 0 aromatic rings. The van der Waals surface area contributed by atoms with Gasteiger partial charge in [0.05, 0.1) is 30.5 Å². The largest absolute Gasteiger partial charge is 0.459 e. The van der Waals surface area contributed by atoms with Crippen LogP contribution in [0.4, 0.5) is 0 Å². The summed E-state index contributed by atoms with van der Waals surface area (Å²) in [5.74, 6) is -5.02. The molecule has 2 saturated heterocycles. The Bertz CT molecular complexity index is 1880. The number of hydrogen-bond acceptors (Lipinski definition) is 14. The van der Waals surface area contributed by atoms with Gasteiger partial charge in [-0.25, -0.2) is 4.79 Å². The zero-order chi connectivity index (χ0) is 51.7. The Balaban J connectivity index is 1.73. The number of ketones is 2. The topological polar surface area (TPSA) is 225 Å². The standard InChI is InChI=1S/C55H86N2O13/c1-10-11-12-18-27-68-51-38(6)29-36(4)45(59)33-47(42(56)30-40-23-25-44(58)48(31-40)67-9)69-54(64)43-21-16-17-26-57(43)53(63)52(62)55(65)39(7)22-24-41(70-55)32-46(66-8)35(3)20-15-13-14-19-34(2)28-37(5)49(60)50(51)61/h1,13-15,19-20,29,34,36-37,39-48,50-51,58-59,61,65H,11-12,16-18,21-28,30-33,56H2,2-9H3/b15-13+,19-14+,35-20+,38-29+/t34-,36-,37-,39-,40+,41+,42-,43+,44-,45-,46+,47+,48-,50+,51-,55-/m1/s1. The third kappa shape index (κ3) is 16.5. The number of aliphatic hydroxyl groups excluding tert-OH is 3. The number of cyclic esters (lactones) is 1. The average Bonchev–Trinajstić information content (AvgIpc) is 3.34. The average molecular weight is 983 g/mol. The second-order valence-corrected chi connectivity index (χ2v) is 20.8. The molecule has 3 aliphatic heterocycles. The van der Waals surface area contributed by atoms with Crippen molar-refractivity contribution in [2.24, 2.45) is 35.3 Å².